The van der Waals surface area contributed by atoms with Gasteiger partial charge < -0.3 is 14.6 Å². The van der Waals surface area contributed by atoms with Crippen molar-refractivity contribution in [1.82, 2.24) is 0 Å². The van der Waals surface area contributed by atoms with Crippen molar-refractivity contribution in [2.24, 2.45) is 0 Å². The van der Waals surface area contributed by atoms with Gasteiger partial charge in [-0.1, -0.05) is 37.3 Å². The zero-order valence-corrected chi connectivity index (χ0v) is 13.9. The predicted molar refractivity (Wildman–Crippen MR) is 87.1 cm³/mol. The van der Waals surface area contributed by atoms with Crippen LogP contribution in [0.5, 0.6) is 11.5 Å². The van der Waals surface area contributed by atoms with Crippen LogP contribution in [0.2, 0.25) is 0 Å². The molecule has 2 atom stereocenters. The smallest absolute Gasteiger partial charge is 0.142 e. The Labute approximate surface area is 133 Å². The van der Waals surface area contributed by atoms with Gasteiger partial charge in [0.05, 0.1) is 20.3 Å². The molecule has 0 aliphatic carbocycles. The molecule has 21 heavy (non-hydrogen) atoms. The third-order valence-corrected chi connectivity index (χ3v) is 4.38. The number of rotatable bonds is 5. The lowest BCUT2D eigenvalue weighted by molar-refractivity contribution is 0.147. The van der Waals surface area contributed by atoms with Gasteiger partial charge in [0, 0.05) is 11.5 Å². The van der Waals surface area contributed by atoms with E-state index in [1.165, 1.54) is 0 Å². The van der Waals surface area contributed by atoms with Gasteiger partial charge in [0.15, 0.2) is 0 Å². The minimum Gasteiger partial charge on any atom is -0.495 e. The molecule has 2 aromatic carbocycles. The summed E-state index contributed by atoms with van der Waals surface area (Å²) >= 11 is 3.47. The molecule has 112 valence electrons. The number of hydrogen-bond donors (Lipinski definition) is 1. The molecule has 2 aromatic rings. The van der Waals surface area contributed by atoms with E-state index in [0.717, 1.165) is 11.1 Å². The van der Waals surface area contributed by atoms with E-state index >= 15 is 0 Å². The van der Waals surface area contributed by atoms with Crippen LogP contribution in [0.4, 0.5) is 0 Å². The zero-order chi connectivity index (χ0) is 15.4. The van der Waals surface area contributed by atoms with Gasteiger partial charge in [-0.15, -0.1) is 0 Å². The molecule has 4 heteroatoms. The predicted octanol–water partition coefficient (Wildman–Crippen LogP) is 4.30. The lowest BCUT2D eigenvalue weighted by Crippen LogP contribution is -2.09. The van der Waals surface area contributed by atoms with Crippen molar-refractivity contribution < 1.29 is 14.6 Å². The van der Waals surface area contributed by atoms with Crippen LogP contribution in [0.25, 0.3) is 0 Å². The Kier molecular flexibility index (Phi) is 5.26. The zero-order valence-electron chi connectivity index (χ0n) is 12.3. The second-order valence-electron chi connectivity index (χ2n) is 4.85. The van der Waals surface area contributed by atoms with Gasteiger partial charge in [-0.3, -0.25) is 0 Å². The molecule has 0 aromatic heterocycles. The molecule has 0 saturated heterocycles. The molecule has 0 heterocycles. The molecule has 2 rings (SSSR count). The minimum atomic E-state index is -0.662. The van der Waals surface area contributed by atoms with Gasteiger partial charge in [-0.2, -0.15) is 0 Å². The topological polar surface area (TPSA) is 38.7 Å². The molecule has 0 saturated carbocycles. The van der Waals surface area contributed by atoms with Gasteiger partial charge in [0.2, 0.25) is 0 Å². The number of hydrogen-bond acceptors (Lipinski definition) is 3. The summed E-state index contributed by atoms with van der Waals surface area (Å²) in [6.45, 7) is 2.00. The summed E-state index contributed by atoms with van der Waals surface area (Å²) in [4.78, 5) is 0. The van der Waals surface area contributed by atoms with Crippen molar-refractivity contribution >= 4 is 15.9 Å². The number of aliphatic hydroxyl groups is 1. The standard InChI is InChI=1S/C17H19BrO3/c1-11(12-7-5-4-6-8-12)16(19)13-9-10-14(20-2)15(18)17(13)21-3/h4-11,16,19H,1-3H3. The average Bonchev–Trinajstić information content (AvgIpc) is 2.54. The third kappa shape index (κ3) is 3.22. The van der Waals surface area contributed by atoms with Gasteiger partial charge >= 0.3 is 0 Å². The summed E-state index contributed by atoms with van der Waals surface area (Å²) in [6, 6.07) is 13.6. The summed E-state index contributed by atoms with van der Waals surface area (Å²) in [5.74, 6) is 1.24. The summed E-state index contributed by atoms with van der Waals surface area (Å²) in [5.41, 5.74) is 1.82. The summed E-state index contributed by atoms with van der Waals surface area (Å²) < 4.78 is 11.4. The highest BCUT2D eigenvalue weighted by Crippen LogP contribution is 2.43. The lowest BCUT2D eigenvalue weighted by atomic mass is 9.90. The monoisotopic (exact) mass is 350 g/mol. The first-order valence-corrected chi connectivity index (χ1v) is 7.52. The molecule has 0 amide bonds. The van der Waals surface area contributed by atoms with E-state index in [4.69, 9.17) is 9.47 Å². The first kappa shape index (κ1) is 15.9. The van der Waals surface area contributed by atoms with Crippen molar-refractivity contribution in [2.75, 3.05) is 14.2 Å². The first-order valence-electron chi connectivity index (χ1n) is 6.73. The highest BCUT2D eigenvalue weighted by atomic mass is 79.9. The molecule has 0 radical (unpaired) electrons. The maximum atomic E-state index is 10.7. The van der Waals surface area contributed by atoms with Crippen molar-refractivity contribution in [1.29, 1.82) is 0 Å². The van der Waals surface area contributed by atoms with Gasteiger partial charge in [-0.25, -0.2) is 0 Å². The molecule has 2 unspecified atom stereocenters. The number of ether oxygens (including phenoxy) is 2. The van der Waals surface area contributed by atoms with Crippen LogP contribution >= 0.6 is 15.9 Å². The number of methoxy groups -OCH3 is 2. The van der Waals surface area contributed by atoms with E-state index in [2.05, 4.69) is 15.9 Å². The molecule has 0 spiro atoms. The quantitative estimate of drug-likeness (QED) is 0.873. The van der Waals surface area contributed by atoms with E-state index < -0.39 is 6.10 Å². The lowest BCUT2D eigenvalue weighted by Gasteiger charge is -2.23. The normalized spacial score (nSPS) is 13.6. The van der Waals surface area contributed by atoms with Crippen LogP contribution in [-0.4, -0.2) is 19.3 Å². The van der Waals surface area contributed by atoms with Crippen LogP contribution in [0.15, 0.2) is 46.9 Å². The maximum Gasteiger partial charge on any atom is 0.142 e. The molecule has 3 nitrogen and oxygen atoms in total. The largest absolute Gasteiger partial charge is 0.495 e. The maximum absolute atomic E-state index is 10.7. The summed E-state index contributed by atoms with van der Waals surface area (Å²) in [6.07, 6.45) is -0.662. The number of aliphatic hydroxyl groups excluding tert-OH is 1. The van der Waals surface area contributed by atoms with E-state index in [9.17, 15) is 5.11 Å². The first-order chi connectivity index (χ1) is 10.1. The number of benzene rings is 2. The Bertz CT molecular complexity index is 598. The fourth-order valence-corrected chi connectivity index (χ4v) is 3.04. The Morgan fingerprint density at radius 2 is 1.67 bits per heavy atom. The van der Waals surface area contributed by atoms with Crippen molar-refractivity contribution in [3.05, 3.63) is 58.1 Å². The van der Waals surface area contributed by atoms with E-state index in [0.29, 0.717) is 16.0 Å². The van der Waals surface area contributed by atoms with Gasteiger partial charge in [0.1, 0.15) is 16.0 Å². The van der Waals surface area contributed by atoms with Crippen LogP contribution in [0.1, 0.15) is 30.1 Å². The summed E-state index contributed by atoms with van der Waals surface area (Å²) in [5, 5.41) is 10.7. The van der Waals surface area contributed by atoms with Gasteiger partial charge in [0.25, 0.3) is 0 Å². The average molecular weight is 351 g/mol. The second kappa shape index (κ2) is 6.96. The van der Waals surface area contributed by atoms with Crippen LogP contribution in [-0.2, 0) is 0 Å². The molecule has 0 fully saturated rings. The fraction of sp³-hybridized carbons (Fsp3) is 0.294. The van der Waals surface area contributed by atoms with Gasteiger partial charge in [-0.05, 0) is 33.6 Å². The second-order valence-corrected chi connectivity index (χ2v) is 5.64. The van der Waals surface area contributed by atoms with E-state index in [-0.39, 0.29) is 5.92 Å². The third-order valence-electron chi connectivity index (χ3n) is 3.63. The highest BCUT2D eigenvalue weighted by molar-refractivity contribution is 9.10. The molecular formula is C17H19BrO3. The van der Waals surface area contributed by atoms with E-state index in [1.807, 2.05) is 49.4 Å². The van der Waals surface area contributed by atoms with Crippen molar-refractivity contribution in [3.63, 3.8) is 0 Å². The molecule has 1 N–H and O–H groups in total. The SMILES string of the molecule is COc1ccc(C(O)C(C)c2ccccc2)c(OC)c1Br. The Morgan fingerprint density at radius 3 is 2.24 bits per heavy atom. The van der Waals surface area contributed by atoms with Crippen molar-refractivity contribution in [3.8, 4) is 11.5 Å². The molecule has 0 aliphatic heterocycles. The molecule has 0 bridgehead atoms. The molecular weight excluding hydrogens is 332 g/mol. The van der Waals surface area contributed by atoms with Crippen LogP contribution in [0, 0.1) is 0 Å². The molecule has 0 aliphatic rings. The Morgan fingerprint density at radius 1 is 1.00 bits per heavy atom. The van der Waals surface area contributed by atoms with Crippen molar-refractivity contribution in [2.45, 2.75) is 18.9 Å². The number of halogens is 1. The highest BCUT2D eigenvalue weighted by Gasteiger charge is 2.24. The fourth-order valence-electron chi connectivity index (χ4n) is 2.36. The summed E-state index contributed by atoms with van der Waals surface area (Å²) in [7, 11) is 3.19. The van der Waals surface area contributed by atoms with Crippen LogP contribution in [0.3, 0.4) is 0 Å². The minimum absolute atomic E-state index is 0.0413. The Hall–Kier alpha value is -1.52. The Balaban J connectivity index is 2.39. The van der Waals surface area contributed by atoms with E-state index in [1.54, 1.807) is 14.2 Å². The van der Waals surface area contributed by atoms with Crippen LogP contribution < -0.4 is 9.47 Å².